The second-order valence-electron chi connectivity index (χ2n) is 7.84. The molecule has 4 heterocycles. The topological polar surface area (TPSA) is 77.5 Å². The molecule has 0 radical (unpaired) electrons. The van der Waals surface area contributed by atoms with Gasteiger partial charge in [-0.15, -0.1) is 11.3 Å². The number of piperidine rings is 1. The number of benzene rings is 1. The number of rotatable bonds is 4. The van der Waals surface area contributed by atoms with Crippen LogP contribution >= 0.6 is 11.3 Å². The molecule has 2 aliphatic rings. The third-order valence-electron chi connectivity index (χ3n) is 5.72. The Kier molecular flexibility index (Phi) is 5.65. The van der Waals surface area contributed by atoms with Crippen molar-refractivity contribution in [2.75, 3.05) is 13.1 Å². The fraction of sp³-hybridized carbons (Fsp3) is 0.292. The number of hydrogen-bond donors (Lipinski definition) is 2. The Morgan fingerprint density at radius 1 is 1.32 bits per heavy atom. The van der Waals surface area contributed by atoms with Gasteiger partial charge in [0.15, 0.2) is 4.96 Å². The molecule has 3 aromatic rings. The molecule has 0 bridgehead atoms. The molecule has 1 aromatic carbocycles. The summed E-state index contributed by atoms with van der Waals surface area (Å²) >= 11 is 1.62. The standard InChI is InChI=1S/C24H24N6S/c25-15-17-4-1-6-19(14-17)22-23(30-12-13-31-24(30)29-22)18-5-2-8-21(27-11-9-18)28-20-7-3-10-26-16-20/h1,4,6,8-9,11-14,20,26,28H,2-3,5,7,10,16H2/b18-9+,21-8-,27-11-/t20-/m1/s1. The number of aliphatic imine (C=N–C) groups is 1. The molecule has 1 saturated heterocycles. The smallest absolute Gasteiger partial charge is 0.194 e. The van der Waals surface area contributed by atoms with Crippen molar-refractivity contribution in [2.24, 2.45) is 4.99 Å². The Labute approximate surface area is 185 Å². The maximum atomic E-state index is 9.32. The molecule has 0 spiro atoms. The van der Waals surface area contributed by atoms with Crippen LogP contribution in [0.3, 0.4) is 0 Å². The summed E-state index contributed by atoms with van der Waals surface area (Å²) in [6.07, 6.45) is 12.4. The summed E-state index contributed by atoms with van der Waals surface area (Å²) in [7, 11) is 0. The average Bonchev–Trinajstić information content (AvgIpc) is 3.38. The molecule has 31 heavy (non-hydrogen) atoms. The first-order valence-corrected chi connectivity index (χ1v) is 11.6. The molecule has 1 fully saturated rings. The molecule has 0 unspecified atom stereocenters. The van der Waals surface area contributed by atoms with Crippen LogP contribution in [0.4, 0.5) is 0 Å². The highest BCUT2D eigenvalue weighted by atomic mass is 32.1. The highest BCUT2D eigenvalue weighted by molar-refractivity contribution is 7.15. The van der Waals surface area contributed by atoms with Gasteiger partial charge in [0.25, 0.3) is 0 Å². The first-order chi connectivity index (χ1) is 15.3. The van der Waals surface area contributed by atoms with E-state index in [9.17, 15) is 5.26 Å². The molecule has 0 amide bonds. The number of allylic oxidation sites excluding steroid dienone is 3. The minimum absolute atomic E-state index is 0.444. The lowest BCUT2D eigenvalue weighted by atomic mass is 9.99. The number of imidazole rings is 1. The number of hydrogen-bond acceptors (Lipinski definition) is 6. The van der Waals surface area contributed by atoms with E-state index in [4.69, 9.17) is 4.98 Å². The van der Waals surface area contributed by atoms with Gasteiger partial charge in [-0.2, -0.15) is 5.26 Å². The predicted octanol–water partition coefficient (Wildman–Crippen LogP) is 4.37. The van der Waals surface area contributed by atoms with E-state index < -0.39 is 0 Å². The van der Waals surface area contributed by atoms with E-state index in [0.717, 1.165) is 53.7 Å². The summed E-state index contributed by atoms with van der Waals surface area (Å²) in [5.74, 6) is 0.958. The first-order valence-electron chi connectivity index (χ1n) is 10.7. The summed E-state index contributed by atoms with van der Waals surface area (Å²) in [6, 6.07) is 10.4. The van der Waals surface area contributed by atoms with Gasteiger partial charge in [-0.1, -0.05) is 12.1 Å². The van der Waals surface area contributed by atoms with Crippen LogP contribution in [0.1, 0.15) is 36.9 Å². The monoisotopic (exact) mass is 428 g/mol. The lowest BCUT2D eigenvalue weighted by Gasteiger charge is -2.25. The molecule has 2 N–H and O–H groups in total. The van der Waals surface area contributed by atoms with Gasteiger partial charge < -0.3 is 10.6 Å². The maximum absolute atomic E-state index is 9.32. The Bertz CT molecular complexity index is 1220. The molecular weight excluding hydrogens is 404 g/mol. The predicted molar refractivity (Wildman–Crippen MR) is 126 cm³/mol. The fourth-order valence-electron chi connectivity index (χ4n) is 4.22. The summed E-state index contributed by atoms with van der Waals surface area (Å²) in [6.45, 7) is 2.10. The first kappa shape index (κ1) is 19.7. The Balaban J connectivity index is 1.47. The summed E-state index contributed by atoms with van der Waals surface area (Å²) in [5, 5.41) is 18.4. The van der Waals surface area contributed by atoms with Crippen molar-refractivity contribution >= 4 is 28.1 Å². The second-order valence-corrected chi connectivity index (χ2v) is 8.72. The van der Waals surface area contributed by atoms with Crippen molar-refractivity contribution in [3.05, 3.63) is 65.1 Å². The van der Waals surface area contributed by atoms with E-state index in [0.29, 0.717) is 11.6 Å². The molecule has 7 heteroatoms. The zero-order valence-electron chi connectivity index (χ0n) is 17.2. The van der Waals surface area contributed by atoms with E-state index >= 15 is 0 Å². The van der Waals surface area contributed by atoms with Crippen molar-refractivity contribution in [3.63, 3.8) is 0 Å². The largest absolute Gasteiger partial charge is 0.366 e. The van der Waals surface area contributed by atoms with Gasteiger partial charge in [0.1, 0.15) is 5.82 Å². The van der Waals surface area contributed by atoms with Crippen LogP contribution in [-0.4, -0.2) is 34.7 Å². The van der Waals surface area contributed by atoms with Crippen LogP contribution in [-0.2, 0) is 0 Å². The molecule has 6 nitrogen and oxygen atoms in total. The zero-order chi connectivity index (χ0) is 21.0. The van der Waals surface area contributed by atoms with Gasteiger partial charge in [0.2, 0.25) is 0 Å². The lowest BCUT2D eigenvalue weighted by Crippen LogP contribution is -2.42. The molecule has 5 rings (SSSR count). The van der Waals surface area contributed by atoms with Gasteiger partial charge in [0.05, 0.1) is 23.0 Å². The van der Waals surface area contributed by atoms with Gasteiger partial charge in [-0.05, 0) is 62.1 Å². The van der Waals surface area contributed by atoms with Crippen LogP contribution in [0.5, 0.6) is 0 Å². The minimum atomic E-state index is 0.444. The third-order valence-corrected chi connectivity index (χ3v) is 6.48. The van der Waals surface area contributed by atoms with E-state index in [1.165, 1.54) is 18.4 Å². The summed E-state index contributed by atoms with van der Waals surface area (Å²) in [5.41, 5.74) is 4.80. The van der Waals surface area contributed by atoms with Gasteiger partial charge in [-0.3, -0.25) is 4.40 Å². The summed E-state index contributed by atoms with van der Waals surface area (Å²) in [4.78, 5) is 10.5. The quantitative estimate of drug-likeness (QED) is 0.647. The fourth-order valence-corrected chi connectivity index (χ4v) is 4.93. The van der Waals surface area contributed by atoms with Crippen LogP contribution < -0.4 is 10.6 Å². The van der Waals surface area contributed by atoms with Crippen LogP contribution in [0.25, 0.3) is 21.8 Å². The number of fused-ring (bicyclic) bond motifs is 1. The Morgan fingerprint density at radius 3 is 3.16 bits per heavy atom. The second kappa shape index (κ2) is 8.88. The normalized spacial score (nSPS) is 23.6. The molecule has 2 aromatic heterocycles. The van der Waals surface area contributed by atoms with Gasteiger partial charge >= 0.3 is 0 Å². The van der Waals surface area contributed by atoms with Crippen molar-refractivity contribution in [1.29, 1.82) is 5.26 Å². The van der Waals surface area contributed by atoms with Crippen molar-refractivity contribution in [3.8, 4) is 17.3 Å². The van der Waals surface area contributed by atoms with Crippen LogP contribution in [0.15, 0.2) is 58.8 Å². The third kappa shape index (κ3) is 4.18. The highest BCUT2D eigenvalue weighted by Crippen LogP contribution is 2.34. The zero-order valence-corrected chi connectivity index (χ0v) is 18.0. The average molecular weight is 429 g/mol. The maximum Gasteiger partial charge on any atom is 0.194 e. The molecule has 156 valence electrons. The molecular formula is C24H24N6S. The lowest BCUT2D eigenvalue weighted by molar-refractivity contribution is 0.412. The van der Waals surface area contributed by atoms with E-state index in [1.807, 2.05) is 30.5 Å². The molecule has 1 atom stereocenters. The van der Waals surface area contributed by atoms with E-state index in [-0.39, 0.29) is 0 Å². The van der Waals surface area contributed by atoms with E-state index in [2.05, 4.69) is 49.8 Å². The number of nitriles is 1. The number of aromatic nitrogens is 2. The van der Waals surface area contributed by atoms with Crippen molar-refractivity contribution in [2.45, 2.75) is 31.7 Å². The highest BCUT2D eigenvalue weighted by Gasteiger charge is 2.19. The molecule has 0 aliphatic carbocycles. The Morgan fingerprint density at radius 2 is 2.29 bits per heavy atom. The molecule has 2 aliphatic heterocycles. The van der Waals surface area contributed by atoms with Crippen molar-refractivity contribution < 1.29 is 0 Å². The summed E-state index contributed by atoms with van der Waals surface area (Å²) < 4.78 is 2.15. The molecule has 0 saturated carbocycles. The van der Waals surface area contributed by atoms with Gasteiger partial charge in [-0.25, -0.2) is 9.98 Å². The van der Waals surface area contributed by atoms with E-state index in [1.54, 1.807) is 11.3 Å². The van der Waals surface area contributed by atoms with Gasteiger partial charge in [0, 0.05) is 35.9 Å². The number of nitrogens with zero attached hydrogens (tertiary/aromatic N) is 4. The number of thiazole rings is 1. The Hall–Kier alpha value is -3.21. The number of nitrogens with one attached hydrogen (secondary N) is 2. The van der Waals surface area contributed by atoms with Crippen LogP contribution in [0, 0.1) is 11.3 Å². The van der Waals surface area contributed by atoms with Crippen LogP contribution in [0.2, 0.25) is 0 Å². The SMILES string of the molecule is N#Cc1cccc(-c2nc3sccn3c2/C2=C/C=N\C(N[C@@H]3CCCNC3)=C\CC2)c1. The van der Waals surface area contributed by atoms with Crippen molar-refractivity contribution in [1.82, 2.24) is 20.0 Å². The minimum Gasteiger partial charge on any atom is -0.366 e.